The van der Waals surface area contributed by atoms with E-state index in [1.807, 2.05) is 35.7 Å². The lowest BCUT2D eigenvalue weighted by atomic mass is 10.2. The summed E-state index contributed by atoms with van der Waals surface area (Å²) < 4.78 is 7.86. The maximum atomic E-state index is 12.1. The summed E-state index contributed by atoms with van der Waals surface area (Å²) in [6.45, 7) is 0. The third-order valence-corrected chi connectivity index (χ3v) is 4.85. The monoisotopic (exact) mass is 335 g/mol. The number of methoxy groups -OCH3 is 1. The number of aromatic nitrogens is 1. The zero-order valence-corrected chi connectivity index (χ0v) is 12.5. The van der Waals surface area contributed by atoms with E-state index in [0.29, 0.717) is 0 Å². The van der Waals surface area contributed by atoms with E-state index in [0.717, 1.165) is 26.1 Å². The number of hydrogen-bond donors (Lipinski definition) is 0. The number of hydrogen-bond acceptors (Lipinski definition) is 3. The minimum absolute atomic E-state index is 0.0352. The average Bonchev–Trinajstić information content (AvgIpc) is 2.80. The molecule has 2 heterocycles. The van der Waals surface area contributed by atoms with Crippen molar-refractivity contribution in [2.24, 2.45) is 0 Å². The standard InChI is InChI=1S/C14H10BrNO2S/c1-18-10-4-2-9(3-5-10)16-13(17)7-6-11-12(15)8-19-14(11)16/h2-8H,1H3. The molecule has 96 valence electrons. The SMILES string of the molecule is COc1ccc(-n2c(=O)ccc3c(Br)csc32)cc1. The molecule has 0 radical (unpaired) electrons. The fourth-order valence-corrected chi connectivity index (χ4v) is 3.65. The summed E-state index contributed by atoms with van der Waals surface area (Å²) >= 11 is 5.04. The molecule has 0 unspecified atom stereocenters. The summed E-state index contributed by atoms with van der Waals surface area (Å²) in [5.74, 6) is 0.774. The smallest absolute Gasteiger partial charge is 0.256 e. The van der Waals surface area contributed by atoms with Crippen LogP contribution in [0.3, 0.4) is 0 Å². The van der Waals surface area contributed by atoms with Crippen molar-refractivity contribution < 1.29 is 4.74 Å². The van der Waals surface area contributed by atoms with E-state index in [9.17, 15) is 4.79 Å². The summed E-state index contributed by atoms with van der Waals surface area (Å²) in [7, 11) is 1.62. The molecule has 5 heteroatoms. The van der Waals surface area contributed by atoms with Crippen LogP contribution in [-0.4, -0.2) is 11.7 Å². The third-order valence-electron chi connectivity index (χ3n) is 2.91. The third kappa shape index (κ3) is 2.09. The molecule has 0 saturated carbocycles. The predicted octanol–water partition coefficient (Wildman–Crippen LogP) is 3.82. The van der Waals surface area contributed by atoms with Crippen LogP contribution in [0.25, 0.3) is 15.9 Å². The highest BCUT2D eigenvalue weighted by atomic mass is 79.9. The fourth-order valence-electron chi connectivity index (χ4n) is 1.97. The quantitative estimate of drug-likeness (QED) is 0.712. The number of pyridine rings is 1. The zero-order valence-electron chi connectivity index (χ0n) is 10.1. The van der Waals surface area contributed by atoms with Crippen molar-refractivity contribution in [1.29, 1.82) is 0 Å². The van der Waals surface area contributed by atoms with Crippen molar-refractivity contribution in [1.82, 2.24) is 4.57 Å². The van der Waals surface area contributed by atoms with Gasteiger partial charge in [0.05, 0.1) is 12.8 Å². The Morgan fingerprint density at radius 1 is 1.16 bits per heavy atom. The molecule has 0 aliphatic carbocycles. The van der Waals surface area contributed by atoms with Gasteiger partial charge in [0.15, 0.2) is 0 Å². The number of benzene rings is 1. The van der Waals surface area contributed by atoms with Gasteiger partial charge in [-0.25, -0.2) is 0 Å². The van der Waals surface area contributed by atoms with E-state index in [1.165, 1.54) is 0 Å². The van der Waals surface area contributed by atoms with E-state index < -0.39 is 0 Å². The summed E-state index contributed by atoms with van der Waals surface area (Å²) in [6.07, 6.45) is 0. The molecule has 0 aliphatic rings. The van der Waals surface area contributed by atoms with Gasteiger partial charge in [-0.1, -0.05) is 0 Å². The highest BCUT2D eigenvalue weighted by Crippen LogP contribution is 2.30. The van der Waals surface area contributed by atoms with Crippen molar-refractivity contribution in [2.45, 2.75) is 0 Å². The average molecular weight is 336 g/mol. The van der Waals surface area contributed by atoms with Gasteiger partial charge in [0.25, 0.3) is 5.56 Å². The molecule has 2 aromatic heterocycles. The van der Waals surface area contributed by atoms with Crippen molar-refractivity contribution in [3.05, 3.63) is 56.6 Å². The van der Waals surface area contributed by atoms with Gasteiger partial charge in [-0.05, 0) is 46.3 Å². The van der Waals surface area contributed by atoms with Crippen LogP contribution < -0.4 is 10.3 Å². The van der Waals surface area contributed by atoms with Gasteiger partial charge >= 0.3 is 0 Å². The molecule has 0 fully saturated rings. The highest BCUT2D eigenvalue weighted by Gasteiger charge is 2.09. The Hall–Kier alpha value is -1.59. The molecule has 0 saturated heterocycles. The van der Waals surface area contributed by atoms with Crippen molar-refractivity contribution in [3.63, 3.8) is 0 Å². The molecule has 0 atom stereocenters. The largest absolute Gasteiger partial charge is 0.497 e. The molecule has 19 heavy (non-hydrogen) atoms. The maximum Gasteiger partial charge on any atom is 0.256 e. The molecule has 3 aromatic rings. The molecule has 3 nitrogen and oxygen atoms in total. The van der Waals surface area contributed by atoms with Crippen LogP contribution in [0.5, 0.6) is 5.75 Å². The Kier molecular flexibility index (Phi) is 3.16. The van der Waals surface area contributed by atoms with Crippen molar-refractivity contribution in [2.75, 3.05) is 7.11 Å². The highest BCUT2D eigenvalue weighted by molar-refractivity contribution is 9.10. The summed E-state index contributed by atoms with van der Waals surface area (Å²) in [5.41, 5.74) is 0.803. The first-order valence-corrected chi connectivity index (χ1v) is 7.31. The van der Waals surface area contributed by atoms with Crippen molar-refractivity contribution >= 4 is 37.5 Å². The van der Waals surface area contributed by atoms with E-state index in [1.54, 1.807) is 29.1 Å². The van der Waals surface area contributed by atoms with Gasteiger partial charge in [0, 0.05) is 21.3 Å². The van der Waals surface area contributed by atoms with E-state index in [4.69, 9.17) is 4.74 Å². The van der Waals surface area contributed by atoms with Gasteiger partial charge in [-0.15, -0.1) is 11.3 Å². The lowest BCUT2D eigenvalue weighted by Gasteiger charge is -2.08. The topological polar surface area (TPSA) is 31.2 Å². The second-order valence-corrected chi connectivity index (χ2v) is 5.72. The molecule has 0 spiro atoms. The molecule has 0 amide bonds. The van der Waals surface area contributed by atoms with Crippen LogP contribution >= 0.6 is 27.3 Å². The molecular formula is C14H10BrNO2S. The van der Waals surface area contributed by atoms with Gasteiger partial charge in [0.1, 0.15) is 10.6 Å². The number of halogens is 1. The summed E-state index contributed by atoms with van der Waals surface area (Å²) in [4.78, 5) is 13.1. The van der Waals surface area contributed by atoms with Gasteiger partial charge in [-0.3, -0.25) is 9.36 Å². The molecular weight excluding hydrogens is 326 g/mol. The van der Waals surface area contributed by atoms with Crippen molar-refractivity contribution in [3.8, 4) is 11.4 Å². The number of nitrogens with zero attached hydrogens (tertiary/aromatic N) is 1. The van der Waals surface area contributed by atoms with Gasteiger partial charge in [-0.2, -0.15) is 0 Å². The number of rotatable bonds is 2. The second kappa shape index (κ2) is 4.83. The minimum Gasteiger partial charge on any atom is -0.497 e. The Bertz CT molecular complexity index is 789. The molecule has 3 rings (SSSR count). The summed E-state index contributed by atoms with van der Waals surface area (Å²) in [5, 5.41) is 3.03. The first-order valence-electron chi connectivity index (χ1n) is 5.64. The van der Waals surface area contributed by atoms with Gasteiger partial charge < -0.3 is 4.74 Å². The Morgan fingerprint density at radius 3 is 2.58 bits per heavy atom. The van der Waals surface area contributed by atoms with Crippen LogP contribution in [0.2, 0.25) is 0 Å². The molecule has 1 aromatic carbocycles. The summed E-state index contributed by atoms with van der Waals surface area (Å²) in [6, 6.07) is 10.9. The van der Waals surface area contributed by atoms with Gasteiger partial charge in [0.2, 0.25) is 0 Å². The minimum atomic E-state index is -0.0352. The van der Waals surface area contributed by atoms with Crippen LogP contribution in [0.15, 0.2) is 51.0 Å². The van der Waals surface area contributed by atoms with Crippen LogP contribution in [0, 0.1) is 0 Å². The predicted molar refractivity (Wildman–Crippen MR) is 81.7 cm³/mol. The lowest BCUT2D eigenvalue weighted by Crippen LogP contribution is -2.16. The first-order chi connectivity index (χ1) is 9.20. The van der Waals surface area contributed by atoms with E-state index in [2.05, 4.69) is 15.9 Å². The van der Waals surface area contributed by atoms with Crippen LogP contribution in [-0.2, 0) is 0 Å². The zero-order chi connectivity index (χ0) is 13.4. The van der Waals surface area contributed by atoms with Crippen LogP contribution in [0.1, 0.15) is 0 Å². The Balaban J connectivity index is 2.28. The second-order valence-electron chi connectivity index (χ2n) is 4.01. The Morgan fingerprint density at radius 2 is 1.89 bits per heavy atom. The number of thiophene rings is 1. The number of fused-ring (bicyclic) bond motifs is 1. The molecule has 0 aliphatic heterocycles. The Labute approximate surface area is 122 Å². The number of ether oxygens (including phenoxy) is 1. The van der Waals surface area contributed by atoms with E-state index >= 15 is 0 Å². The maximum absolute atomic E-state index is 12.1. The van der Waals surface area contributed by atoms with E-state index in [-0.39, 0.29) is 5.56 Å². The molecule has 0 N–H and O–H groups in total. The normalized spacial score (nSPS) is 10.8. The van der Waals surface area contributed by atoms with Crippen LogP contribution in [0.4, 0.5) is 0 Å². The lowest BCUT2D eigenvalue weighted by molar-refractivity contribution is 0.415. The molecule has 0 bridgehead atoms. The first kappa shape index (κ1) is 12.4. The fraction of sp³-hybridized carbons (Fsp3) is 0.0714.